The van der Waals surface area contributed by atoms with Gasteiger partial charge in [0.2, 0.25) is 0 Å². The van der Waals surface area contributed by atoms with Crippen molar-refractivity contribution in [1.82, 2.24) is 5.32 Å². The molecule has 7 heteroatoms. The number of benzene rings is 1. The summed E-state index contributed by atoms with van der Waals surface area (Å²) in [5.41, 5.74) is 0.910. The Balaban J connectivity index is 2.31. The van der Waals surface area contributed by atoms with E-state index in [1.54, 1.807) is 19.2 Å². The standard InChI is InChI=1S/C13H17F4NO2/c1-18-8-10-4-2-3-5-11(10)20-7-6-19-9-13(16,17)12(14)15/h2-5,12,18H,6-9H2,1H3. The van der Waals surface area contributed by atoms with Crippen molar-refractivity contribution in [2.24, 2.45) is 0 Å². The summed E-state index contributed by atoms with van der Waals surface area (Å²) in [5.74, 6) is -3.52. The van der Waals surface area contributed by atoms with Gasteiger partial charge >= 0.3 is 12.3 Å². The first-order chi connectivity index (χ1) is 9.47. The van der Waals surface area contributed by atoms with Gasteiger partial charge in [-0.25, -0.2) is 8.78 Å². The molecule has 0 aliphatic rings. The molecule has 0 aliphatic carbocycles. The quantitative estimate of drug-likeness (QED) is 0.561. The molecule has 0 aromatic heterocycles. The minimum absolute atomic E-state index is 0.0139. The maximum Gasteiger partial charge on any atom is 0.330 e. The van der Waals surface area contributed by atoms with Gasteiger partial charge in [0, 0.05) is 12.1 Å². The van der Waals surface area contributed by atoms with Gasteiger partial charge in [-0.2, -0.15) is 8.78 Å². The van der Waals surface area contributed by atoms with E-state index in [1.165, 1.54) is 0 Å². The highest BCUT2D eigenvalue weighted by Crippen LogP contribution is 2.23. The van der Waals surface area contributed by atoms with E-state index in [2.05, 4.69) is 10.1 Å². The first kappa shape index (κ1) is 16.7. The lowest BCUT2D eigenvalue weighted by molar-refractivity contribution is -0.166. The lowest BCUT2D eigenvalue weighted by Gasteiger charge is -2.15. The number of hydrogen-bond donors (Lipinski definition) is 1. The van der Waals surface area contributed by atoms with Crippen molar-refractivity contribution >= 4 is 0 Å². The summed E-state index contributed by atoms with van der Waals surface area (Å²) in [7, 11) is 1.78. The van der Waals surface area contributed by atoms with Gasteiger partial charge < -0.3 is 14.8 Å². The van der Waals surface area contributed by atoms with Crippen LogP contribution in [0, 0.1) is 0 Å². The maximum absolute atomic E-state index is 12.5. The lowest BCUT2D eigenvalue weighted by atomic mass is 10.2. The van der Waals surface area contributed by atoms with Crippen molar-refractivity contribution in [2.45, 2.75) is 18.9 Å². The van der Waals surface area contributed by atoms with E-state index in [0.717, 1.165) is 5.56 Å². The molecule has 0 aliphatic heterocycles. The van der Waals surface area contributed by atoms with Crippen LogP contribution < -0.4 is 10.1 Å². The van der Waals surface area contributed by atoms with Crippen LogP contribution in [0.3, 0.4) is 0 Å². The minimum Gasteiger partial charge on any atom is -0.491 e. The molecule has 0 saturated heterocycles. The number of nitrogens with one attached hydrogen (secondary N) is 1. The monoisotopic (exact) mass is 295 g/mol. The molecule has 114 valence electrons. The molecule has 0 radical (unpaired) electrons. The summed E-state index contributed by atoms with van der Waals surface area (Å²) < 4.78 is 58.7. The average Bonchev–Trinajstić information content (AvgIpc) is 2.40. The Labute approximate surface area is 114 Å². The third-order valence-corrected chi connectivity index (χ3v) is 2.44. The van der Waals surface area contributed by atoms with Crippen molar-refractivity contribution in [2.75, 3.05) is 26.9 Å². The van der Waals surface area contributed by atoms with Crippen LogP contribution in [-0.2, 0) is 11.3 Å². The fourth-order valence-corrected chi connectivity index (χ4v) is 1.46. The second kappa shape index (κ2) is 8.06. The topological polar surface area (TPSA) is 30.5 Å². The molecular weight excluding hydrogens is 278 g/mol. The van der Waals surface area contributed by atoms with Crippen LogP contribution in [-0.4, -0.2) is 39.2 Å². The third-order valence-electron chi connectivity index (χ3n) is 2.44. The first-order valence-corrected chi connectivity index (χ1v) is 6.06. The normalized spacial score (nSPS) is 11.9. The van der Waals surface area contributed by atoms with Gasteiger partial charge in [-0.1, -0.05) is 18.2 Å². The zero-order valence-corrected chi connectivity index (χ0v) is 11.0. The fraction of sp³-hybridized carbons (Fsp3) is 0.538. The van der Waals surface area contributed by atoms with E-state index in [1.807, 2.05) is 12.1 Å². The molecule has 1 aromatic carbocycles. The Hall–Kier alpha value is -1.34. The maximum atomic E-state index is 12.5. The van der Waals surface area contributed by atoms with Gasteiger partial charge in [-0.05, 0) is 13.1 Å². The van der Waals surface area contributed by atoms with Gasteiger partial charge in [0.15, 0.2) is 0 Å². The Bertz CT molecular complexity index is 402. The number of ether oxygens (including phenoxy) is 2. The van der Waals surface area contributed by atoms with Crippen LogP contribution in [0.4, 0.5) is 17.6 Å². The van der Waals surface area contributed by atoms with Gasteiger partial charge in [-0.3, -0.25) is 0 Å². The largest absolute Gasteiger partial charge is 0.491 e. The Kier molecular flexibility index (Phi) is 6.74. The van der Waals surface area contributed by atoms with Crippen LogP contribution in [0.5, 0.6) is 5.75 Å². The summed E-state index contributed by atoms with van der Waals surface area (Å²) in [4.78, 5) is 0. The van der Waals surface area contributed by atoms with Gasteiger partial charge in [0.05, 0.1) is 6.61 Å². The number of alkyl halides is 4. The predicted octanol–water partition coefficient (Wildman–Crippen LogP) is 2.70. The van der Waals surface area contributed by atoms with Crippen molar-refractivity contribution in [3.63, 3.8) is 0 Å². The second-order valence-electron chi connectivity index (χ2n) is 4.10. The van der Waals surface area contributed by atoms with Gasteiger partial charge in [-0.15, -0.1) is 0 Å². The van der Waals surface area contributed by atoms with Crippen LogP contribution in [0.2, 0.25) is 0 Å². The highest BCUT2D eigenvalue weighted by molar-refractivity contribution is 5.33. The molecule has 0 amide bonds. The number of para-hydroxylation sites is 1. The summed E-state index contributed by atoms with van der Waals surface area (Å²) >= 11 is 0. The molecule has 0 unspecified atom stereocenters. The molecule has 0 heterocycles. The molecule has 0 spiro atoms. The third kappa shape index (κ3) is 5.34. The fourth-order valence-electron chi connectivity index (χ4n) is 1.46. The molecule has 1 aromatic rings. The van der Waals surface area contributed by atoms with E-state index in [9.17, 15) is 17.6 Å². The van der Waals surface area contributed by atoms with Crippen LogP contribution in [0.1, 0.15) is 5.56 Å². The Morgan fingerprint density at radius 3 is 2.55 bits per heavy atom. The summed E-state index contributed by atoms with van der Waals surface area (Å²) in [6.45, 7) is -0.886. The van der Waals surface area contributed by atoms with E-state index in [0.29, 0.717) is 12.3 Å². The molecule has 0 fully saturated rings. The molecule has 3 nitrogen and oxygen atoms in total. The van der Waals surface area contributed by atoms with Crippen LogP contribution >= 0.6 is 0 Å². The van der Waals surface area contributed by atoms with E-state index < -0.39 is 19.0 Å². The molecule has 0 saturated carbocycles. The van der Waals surface area contributed by atoms with Crippen molar-refractivity contribution in [3.8, 4) is 5.75 Å². The summed E-state index contributed by atoms with van der Waals surface area (Å²) in [6.07, 6.45) is -3.72. The second-order valence-corrected chi connectivity index (χ2v) is 4.10. The minimum atomic E-state index is -4.12. The molecular formula is C13H17F4NO2. The summed E-state index contributed by atoms with van der Waals surface area (Å²) in [6, 6.07) is 7.22. The Morgan fingerprint density at radius 1 is 1.20 bits per heavy atom. The molecule has 1 N–H and O–H groups in total. The SMILES string of the molecule is CNCc1ccccc1OCCOCC(F)(F)C(F)F. The van der Waals surface area contributed by atoms with E-state index in [4.69, 9.17) is 4.74 Å². The average molecular weight is 295 g/mol. The zero-order chi connectivity index (χ0) is 15.0. The smallest absolute Gasteiger partial charge is 0.330 e. The number of halogens is 4. The first-order valence-electron chi connectivity index (χ1n) is 6.06. The highest BCUT2D eigenvalue weighted by atomic mass is 19.3. The van der Waals surface area contributed by atoms with E-state index >= 15 is 0 Å². The number of rotatable bonds is 9. The highest BCUT2D eigenvalue weighted by Gasteiger charge is 2.40. The zero-order valence-electron chi connectivity index (χ0n) is 11.0. The summed E-state index contributed by atoms with van der Waals surface area (Å²) in [5, 5.41) is 2.96. The molecule has 20 heavy (non-hydrogen) atoms. The van der Waals surface area contributed by atoms with Crippen molar-refractivity contribution in [3.05, 3.63) is 29.8 Å². The van der Waals surface area contributed by atoms with Crippen molar-refractivity contribution in [1.29, 1.82) is 0 Å². The van der Waals surface area contributed by atoms with Gasteiger partial charge in [0.1, 0.15) is 19.0 Å². The number of hydrogen-bond acceptors (Lipinski definition) is 3. The predicted molar refractivity (Wildman–Crippen MR) is 66.5 cm³/mol. The van der Waals surface area contributed by atoms with Crippen LogP contribution in [0.15, 0.2) is 24.3 Å². The van der Waals surface area contributed by atoms with Crippen molar-refractivity contribution < 1.29 is 27.0 Å². The molecule has 1 rings (SSSR count). The van der Waals surface area contributed by atoms with Gasteiger partial charge in [0.25, 0.3) is 0 Å². The molecule has 0 bridgehead atoms. The lowest BCUT2D eigenvalue weighted by Crippen LogP contribution is -2.33. The molecule has 0 atom stereocenters. The van der Waals surface area contributed by atoms with Crippen LogP contribution in [0.25, 0.3) is 0 Å². The van der Waals surface area contributed by atoms with E-state index in [-0.39, 0.29) is 13.2 Å². The Morgan fingerprint density at radius 2 is 1.90 bits per heavy atom.